The lowest BCUT2D eigenvalue weighted by atomic mass is 10.1. The van der Waals surface area contributed by atoms with Gasteiger partial charge in [0.15, 0.2) is 11.0 Å². The van der Waals surface area contributed by atoms with E-state index >= 15 is 0 Å². The fourth-order valence-corrected chi connectivity index (χ4v) is 3.78. The number of aromatic nitrogens is 4. The van der Waals surface area contributed by atoms with Crippen molar-refractivity contribution in [2.45, 2.75) is 30.3 Å². The van der Waals surface area contributed by atoms with Gasteiger partial charge in [-0.1, -0.05) is 36.9 Å². The van der Waals surface area contributed by atoms with Crippen molar-refractivity contribution < 1.29 is 14.3 Å². The zero-order chi connectivity index (χ0) is 18.5. The number of hydrogen-bond donors (Lipinski definition) is 1. The largest absolute Gasteiger partial charge is 0.468 e. The van der Waals surface area contributed by atoms with Gasteiger partial charge in [0.2, 0.25) is 0 Å². The first-order chi connectivity index (χ1) is 12.7. The average Bonchev–Trinajstić information content (AvgIpc) is 3.27. The van der Waals surface area contributed by atoms with E-state index in [1.54, 1.807) is 7.11 Å². The van der Waals surface area contributed by atoms with E-state index in [9.17, 15) is 4.79 Å². The molecule has 0 spiro atoms. The number of aromatic amines is 1. The van der Waals surface area contributed by atoms with Gasteiger partial charge in [0.25, 0.3) is 0 Å². The highest BCUT2D eigenvalue weighted by Crippen LogP contribution is 2.32. The molecule has 2 aromatic heterocycles. The Hall–Kier alpha value is -2.32. The molecule has 0 radical (unpaired) electrons. The van der Waals surface area contributed by atoms with Crippen molar-refractivity contribution in [1.29, 1.82) is 0 Å². The highest BCUT2D eigenvalue weighted by Gasteiger charge is 2.24. The van der Waals surface area contributed by atoms with Crippen molar-refractivity contribution in [1.82, 2.24) is 19.7 Å². The summed E-state index contributed by atoms with van der Waals surface area (Å²) in [5.41, 5.74) is 2.01. The average molecular weight is 374 g/mol. The van der Waals surface area contributed by atoms with Crippen molar-refractivity contribution in [2.75, 3.05) is 20.8 Å². The number of para-hydroxylation sites is 1. The maximum absolute atomic E-state index is 12.0. The monoisotopic (exact) mass is 374 g/mol. The van der Waals surface area contributed by atoms with Gasteiger partial charge in [-0.25, -0.2) is 0 Å². The molecule has 3 rings (SSSR count). The fourth-order valence-electron chi connectivity index (χ4n) is 2.77. The van der Waals surface area contributed by atoms with Crippen LogP contribution in [-0.2, 0) is 20.8 Å². The minimum Gasteiger partial charge on any atom is -0.468 e. The topological polar surface area (TPSA) is 82.0 Å². The molecule has 7 nitrogen and oxygen atoms in total. The molecular weight excluding hydrogens is 352 g/mol. The Labute approximate surface area is 156 Å². The Balaban J connectivity index is 2.01. The molecule has 26 heavy (non-hydrogen) atoms. The molecular formula is C18H22N4O3S. The van der Waals surface area contributed by atoms with Crippen molar-refractivity contribution in [2.24, 2.45) is 0 Å². The number of H-pyrrole nitrogens is 1. The third-order valence-electron chi connectivity index (χ3n) is 4.15. The molecule has 0 aliphatic heterocycles. The van der Waals surface area contributed by atoms with E-state index in [0.29, 0.717) is 24.7 Å². The van der Waals surface area contributed by atoms with E-state index in [1.165, 1.54) is 18.9 Å². The van der Waals surface area contributed by atoms with Gasteiger partial charge in [-0.3, -0.25) is 9.36 Å². The highest BCUT2D eigenvalue weighted by atomic mass is 32.2. The third kappa shape index (κ3) is 3.61. The van der Waals surface area contributed by atoms with E-state index in [2.05, 4.69) is 15.2 Å². The molecule has 0 saturated heterocycles. The summed E-state index contributed by atoms with van der Waals surface area (Å²) in [6, 6.07) is 8.05. The van der Waals surface area contributed by atoms with Crippen LogP contribution in [0.1, 0.15) is 13.3 Å². The number of hydrogen-bond acceptors (Lipinski definition) is 6. The summed E-state index contributed by atoms with van der Waals surface area (Å²) in [6.07, 6.45) is 2.58. The molecule has 1 atom stereocenters. The molecule has 0 fully saturated rings. The second kappa shape index (κ2) is 8.37. The summed E-state index contributed by atoms with van der Waals surface area (Å²) in [7, 11) is 3.06. The van der Waals surface area contributed by atoms with Crippen LogP contribution >= 0.6 is 11.8 Å². The van der Waals surface area contributed by atoms with Crippen LogP contribution in [0.3, 0.4) is 0 Å². The third-order valence-corrected chi connectivity index (χ3v) is 5.47. The molecule has 0 aliphatic carbocycles. The Morgan fingerprint density at radius 3 is 2.85 bits per heavy atom. The lowest BCUT2D eigenvalue weighted by Crippen LogP contribution is -2.19. The molecule has 3 aromatic rings. The first-order valence-electron chi connectivity index (χ1n) is 8.42. The van der Waals surface area contributed by atoms with Crippen molar-refractivity contribution in [3.8, 4) is 11.4 Å². The van der Waals surface area contributed by atoms with Crippen molar-refractivity contribution >= 4 is 28.6 Å². The first-order valence-corrected chi connectivity index (χ1v) is 9.30. The van der Waals surface area contributed by atoms with Crippen LogP contribution in [0.25, 0.3) is 22.3 Å². The van der Waals surface area contributed by atoms with Gasteiger partial charge in [0.1, 0.15) is 5.25 Å². The fraction of sp³-hybridized carbons (Fsp3) is 0.389. The summed E-state index contributed by atoms with van der Waals surface area (Å²) in [5.74, 6) is 0.495. The molecule has 1 aromatic carbocycles. The zero-order valence-electron chi connectivity index (χ0n) is 15.1. The van der Waals surface area contributed by atoms with Crippen LogP contribution in [-0.4, -0.2) is 51.8 Å². The standard InChI is InChI=1S/C18H22N4O3S/c1-4-15(17(23)25-3)26-18-21-20-16(22(18)9-10-24-2)13-11-19-14-8-6-5-7-12(13)14/h5-8,11,15,19H,4,9-10H2,1-3H3/t15-/m0/s1. The number of benzene rings is 1. The van der Waals surface area contributed by atoms with E-state index in [0.717, 1.165) is 22.3 Å². The lowest BCUT2D eigenvalue weighted by molar-refractivity contribution is -0.140. The molecule has 8 heteroatoms. The van der Waals surface area contributed by atoms with Crippen molar-refractivity contribution in [3.63, 3.8) is 0 Å². The van der Waals surface area contributed by atoms with Gasteiger partial charge < -0.3 is 14.5 Å². The number of carbonyl (C=O) groups is 1. The number of ether oxygens (including phenoxy) is 2. The highest BCUT2D eigenvalue weighted by molar-refractivity contribution is 8.00. The van der Waals surface area contributed by atoms with Crippen LogP contribution in [0.5, 0.6) is 0 Å². The van der Waals surface area contributed by atoms with Crippen LogP contribution < -0.4 is 0 Å². The Morgan fingerprint density at radius 1 is 1.31 bits per heavy atom. The number of nitrogens with one attached hydrogen (secondary N) is 1. The summed E-state index contributed by atoms with van der Waals surface area (Å²) >= 11 is 1.37. The van der Waals surface area contributed by atoms with E-state index in [4.69, 9.17) is 9.47 Å². The number of carbonyl (C=O) groups excluding carboxylic acids is 1. The molecule has 0 unspecified atom stereocenters. The molecule has 0 bridgehead atoms. The predicted octanol–water partition coefficient (Wildman–Crippen LogP) is 3.12. The van der Waals surface area contributed by atoms with Crippen LogP contribution in [0.4, 0.5) is 0 Å². The zero-order valence-corrected chi connectivity index (χ0v) is 15.9. The summed E-state index contributed by atoms with van der Waals surface area (Å²) in [6.45, 7) is 3.07. The van der Waals surface area contributed by atoms with Crippen LogP contribution in [0.15, 0.2) is 35.6 Å². The summed E-state index contributed by atoms with van der Waals surface area (Å²) < 4.78 is 12.1. The van der Waals surface area contributed by atoms with Crippen LogP contribution in [0.2, 0.25) is 0 Å². The number of fused-ring (bicyclic) bond motifs is 1. The Morgan fingerprint density at radius 2 is 2.12 bits per heavy atom. The first kappa shape index (κ1) is 18.5. The van der Waals surface area contributed by atoms with Crippen LogP contribution in [0, 0.1) is 0 Å². The lowest BCUT2D eigenvalue weighted by Gasteiger charge is -2.13. The number of thioether (sulfide) groups is 1. The quantitative estimate of drug-likeness (QED) is 0.482. The van der Waals surface area contributed by atoms with E-state index in [-0.39, 0.29) is 11.2 Å². The van der Waals surface area contributed by atoms with Gasteiger partial charge in [0.05, 0.1) is 20.3 Å². The van der Waals surface area contributed by atoms with Crippen molar-refractivity contribution in [3.05, 3.63) is 30.5 Å². The molecule has 2 heterocycles. The molecule has 0 aliphatic rings. The Kier molecular flexibility index (Phi) is 5.95. The van der Waals surface area contributed by atoms with Gasteiger partial charge in [-0.15, -0.1) is 10.2 Å². The second-order valence-electron chi connectivity index (χ2n) is 5.74. The van der Waals surface area contributed by atoms with Gasteiger partial charge >= 0.3 is 5.97 Å². The van der Waals surface area contributed by atoms with Gasteiger partial charge in [0, 0.05) is 29.8 Å². The SMILES string of the molecule is CC[C@H](Sc1nnc(-c2c[nH]c3ccccc23)n1CCOC)C(=O)OC. The van der Waals surface area contributed by atoms with Gasteiger partial charge in [-0.05, 0) is 12.5 Å². The van der Waals surface area contributed by atoms with E-state index < -0.39 is 0 Å². The Bertz CT molecular complexity index is 890. The number of nitrogens with zero attached hydrogens (tertiary/aromatic N) is 3. The second-order valence-corrected chi connectivity index (χ2v) is 6.91. The summed E-state index contributed by atoms with van der Waals surface area (Å²) in [5, 5.41) is 10.2. The maximum Gasteiger partial charge on any atom is 0.319 e. The smallest absolute Gasteiger partial charge is 0.319 e. The molecule has 138 valence electrons. The minimum atomic E-state index is -0.318. The molecule has 0 amide bonds. The number of rotatable bonds is 8. The maximum atomic E-state index is 12.0. The summed E-state index contributed by atoms with van der Waals surface area (Å²) in [4.78, 5) is 15.2. The van der Waals surface area contributed by atoms with E-state index in [1.807, 2.05) is 42.0 Å². The number of methoxy groups -OCH3 is 2. The number of esters is 1. The predicted molar refractivity (Wildman–Crippen MR) is 101 cm³/mol. The normalized spacial score (nSPS) is 12.4. The molecule has 0 saturated carbocycles. The minimum absolute atomic E-state index is 0.257. The van der Waals surface area contributed by atoms with Gasteiger partial charge in [-0.2, -0.15) is 0 Å². The molecule has 1 N–H and O–H groups in total.